The van der Waals surface area contributed by atoms with Crippen LogP contribution < -0.4 is 40.2 Å². The van der Waals surface area contributed by atoms with Crippen LogP contribution in [0, 0.1) is 11.8 Å². The highest BCUT2D eigenvalue weighted by atomic mass is 16.5. The molecule has 584 valence electrons. The first-order valence-corrected chi connectivity index (χ1v) is 38.6. The Balaban J connectivity index is 1.16. The van der Waals surface area contributed by atoms with Gasteiger partial charge in [0, 0.05) is 77.0 Å². The number of hydrogen-bond donors (Lipinski definition) is 4. The van der Waals surface area contributed by atoms with Gasteiger partial charge < -0.3 is 40.2 Å². The summed E-state index contributed by atoms with van der Waals surface area (Å²) in [5, 5.41) is 13.4. The minimum atomic E-state index is -1.45. The standard InChI is InChI=1S/C96H98N6O12/c1-51(2)43-71(87(105)99-61-25-21-23-59(45-61)97-85(103)53(5)6)101-89(107)67-47-73(111-63-35-27-55(28-36-63)93(9,10)11)79-81-75(113-65-39-31-57(32-40-65)95(15,16)17)49-69-78-70(92(110)102(91(69)109)72(44-52(3)4)88(106)100-62-26-22-24-60(46-62)98-86(104)54(7)8)50-76(114-66-41-33-58(34-42-66)96(18,19)20)82(84(78)81)80-74(48-68(90(101)108)77(67)83(79)80)112-64-37-29-56(30-38-64)94(12,13)14/h21-42,45-52,71-72H,5,7,43-44H2,1-4,6,8-20H3,(H,97,103)(H,98,104)(H,99,105)(H,100,106). The summed E-state index contributed by atoms with van der Waals surface area (Å²) >= 11 is 0. The molecular weight excluding hydrogens is 1430 g/mol. The quantitative estimate of drug-likeness (QED) is 0.0215. The summed E-state index contributed by atoms with van der Waals surface area (Å²) in [6.07, 6.45) is 0.0171. The molecule has 8 amide bonds. The Bertz CT molecular complexity index is 5190. The van der Waals surface area contributed by atoms with Gasteiger partial charge in [0.2, 0.25) is 11.8 Å². The second-order valence-corrected chi connectivity index (χ2v) is 35.1. The molecule has 0 saturated heterocycles. The molecule has 0 aliphatic carbocycles. The summed E-state index contributed by atoms with van der Waals surface area (Å²) in [5.74, 6) is -4.48. The Kier molecular flexibility index (Phi) is 21.1. The van der Waals surface area contributed by atoms with Gasteiger partial charge in [0.15, 0.2) is 0 Å². The van der Waals surface area contributed by atoms with Crippen LogP contribution >= 0.6 is 0 Å². The van der Waals surface area contributed by atoms with Crippen molar-refractivity contribution in [3.8, 4) is 46.0 Å². The van der Waals surface area contributed by atoms with Crippen molar-refractivity contribution in [2.45, 2.75) is 171 Å². The number of nitrogens with one attached hydrogen (secondary N) is 4. The van der Waals surface area contributed by atoms with Gasteiger partial charge in [-0.05, 0) is 192 Å². The van der Waals surface area contributed by atoms with Crippen LogP contribution in [0.5, 0.6) is 46.0 Å². The van der Waals surface area contributed by atoms with Gasteiger partial charge >= 0.3 is 0 Å². The van der Waals surface area contributed by atoms with E-state index in [2.05, 4.69) is 118 Å². The zero-order valence-corrected chi connectivity index (χ0v) is 68.1. The number of fused-ring (bicyclic) bond motifs is 2. The van der Waals surface area contributed by atoms with Gasteiger partial charge in [-0.15, -0.1) is 0 Å². The zero-order valence-electron chi connectivity index (χ0n) is 68.1. The van der Waals surface area contributed by atoms with Gasteiger partial charge in [0.1, 0.15) is 58.1 Å². The van der Waals surface area contributed by atoms with E-state index in [0.717, 1.165) is 32.1 Å². The van der Waals surface area contributed by atoms with Crippen molar-refractivity contribution in [2.24, 2.45) is 11.8 Å². The van der Waals surface area contributed by atoms with Gasteiger partial charge in [0.05, 0.1) is 22.3 Å². The summed E-state index contributed by atoms with van der Waals surface area (Å²) in [4.78, 5) is 125. The summed E-state index contributed by atoms with van der Waals surface area (Å²) in [5.41, 5.74) is 4.55. The minimum absolute atomic E-state index is 0.00853. The Morgan fingerprint density at radius 3 is 0.772 bits per heavy atom. The maximum absolute atomic E-state index is 16.7. The molecule has 0 saturated carbocycles. The van der Waals surface area contributed by atoms with E-state index in [9.17, 15) is 9.59 Å². The van der Waals surface area contributed by atoms with Crippen LogP contribution in [0.4, 0.5) is 22.7 Å². The summed E-state index contributed by atoms with van der Waals surface area (Å²) in [6.45, 7) is 43.4. The fourth-order valence-electron chi connectivity index (χ4n) is 14.9. The molecule has 2 aliphatic heterocycles. The van der Waals surface area contributed by atoms with Crippen LogP contribution in [0.2, 0.25) is 0 Å². The highest BCUT2D eigenvalue weighted by Gasteiger charge is 2.47. The average Bonchev–Trinajstić information content (AvgIpc) is 0.670. The molecule has 0 aromatic heterocycles. The molecule has 2 atom stereocenters. The van der Waals surface area contributed by atoms with Gasteiger partial charge in [-0.3, -0.25) is 48.2 Å². The molecule has 0 fully saturated rings. The van der Waals surface area contributed by atoms with E-state index in [0.29, 0.717) is 34.4 Å². The summed E-state index contributed by atoms with van der Waals surface area (Å²) < 4.78 is 29.6. The lowest BCUT2D eigenvalue weighted by atomic mass is 9.80. The number of hydrogen-bond acceptors (Lipinski definition) is 12. The van der Waals surface area contributed by atoms with Crippen LogP contribution in [0.25, 0.3) is 43.1 Å². The van der Waals surface area contributed by atoms with Gasteiger partial charge in [-0.2, -0.15) is 0 Å². The largest absolute Gasteiger partial charge is 0.457 e. The molecule has 0 radical (unpaired) electrons. The summed E-state index contributed by atoms with van der Waals surface area (Å²) in [6, 6.07) is 46.9. The Morgan fingerprint density at radius 1 is 0.333 bits per heavy atom. The van der Waals surface area contributed by atoms with E-state index in [4.69, 9.17) is 18.9 Å². The van der Waals surface area contributed by atoms with Crippen LogP contribution in [-0.2, 0) is 40.8 Å². The molecule has 18 nitrogen and oxygen atoms in total. The van der Waals surface area contributed by atoms with E-state index >= 15 is 28.8 Å². The average molecular weight is 1530 g/mol. The molecule has 18 heteroatoms. The van der Waals surface area contributed by atoms with Crippen molar-refractivity contribution in [2.75, 3.05) is 21.3 Å². The van der Waals surface area contributed by atoms with Crippen molar-refractivity contribution in [3.05, 3.63) is 239 Å². The molecule has 114 heavy (non-hydrogen) atoms. The van der Waals surface area contributed by atoms with Crippen molar-refractivity contribution in [1.29, 1.82) is 0 Å². The van der Waals surface area contributed by atoms with Crippen molar-refractivity contribution >= 4 is 113 Å². The highest BCUT2D eigenvalue weighted by Crippen LogP contribution is 2.59. The van der Waals surface area contributed by atoms with Crippen LogP contribution in [0.15, 0.2) is 194 Å². The van der Waals surface area contributed by atoms with E-state index in [-0.39, 0.29) is 157 Å². The normalized spacial score (nSPS) is 13.8. The molecular formula is C96H98N6O12. The number of amides is 8. The lowest BCUT2D eigenvalue weighted by Gasteiger charge is -2.36. The van der Waals surface area contributed by atoms with Gasteiger partial charge in [-0.25, -0.2) is 0 Å². The number of nitrogens with zero attached hydrogens (tertiary/aromatic N) is 2. The third kappa shape index (κ3) is 15.8. The fourth-order valence-corrected chi connectivity index (χ4v) is 14.9. The molecule has 0 spiro atoms. The van der Waals surface area contributed by atoms with Gasteiger partial charge in [-0.1, -0.05) is 185 Å². The number of rotatable bonds is 22. The molecule has 2 heterocycles. The number of imide groups is 2. The number of benzene rings is 11. The van der Waals surface area contributed by atoms with Crippen molar-refractivity contribution in [3.63, 3.8) is 0 Å². The molecule has 0 bridgehead atoms. The molecule has 2 unspecified atom stereocenters. The predicted molar refractivity (Wildman–Crippen MR) is 453 cm³/mol. The van der Waals surface area contributed by atoms with E-state index in [1.165, 1.54) is 0 Å². The highest BCUT2D eigenvalue weighted by molar-refractivity contribution is 6.45. The summed E-state index contributed by atoms with van der Waals surface area (Å²) in [7, 11) is 0. The first-order chi connectivity index (χ1) is 53.6. The zero-order chi connectivity index (χ0) is 82.3. The smallest absolute Gasteiger partial charge is 0.262 e. The monoisotopic (exact) mass is 1530 g/mol. The third-order valence-electron chi connectivity index (χ3n) is 20.9. The number of carbonyl (C=O) groups is 8. The molecule has 4 N–H and O–H groups in total. The predicted octanol–water partition coefficient (Wildman–Crippen LogP) is 22.4. The molecule has 13 rings (SSSR count). The maximum atomic E-state index is 16.7. The van der Waals surface area contributed by atoms with Crippen LogP contribution in [-0.4, -0.2) is 69.1 Å². The first kappa shape index (κ1) is 79.6. The van der Waals surface area contributed by atoms with E-state index in [1.54, 1.807) is 86.6 Å². The Hall–Kier alpha value is -12.4. The van der Waals surface area contributed by atoms with Crippen LogP contribution in [0.1, 0.15) is 201 Å². The fraction of sp³-hybridized carbons (Fsp3) is 0.292. The Morgan fingerprint density at radius 2 is 0.561 bits per heavy atom. The van der Waals surface area contributed by atoms with E-state index < -0.39 is 59.3 Å². The number of anilines is 4. The maximum Gasteiger partial charge on any atom is 0.262 e. The molecule has 11 aromatic carbocycles. The third-order valence-corrected chi connectivity index (χ3v) is 20.9. The molecule has 11 aromatic rings. The van der Waals surface area contributed by atoms with E-state index in [1.807, 2.05) is 125 Å². The van der Waals surface area contributed by atoms with Crippen molar-refractivity contribution < 1.29 is 57.3 Å². The van der Waals surface area contributed by atoms with Gasteiger partial charge in [0.25, 0.3) is 35.4 Å². The minimum Gasteiger partial charge on any atom is -0.457 e. The lowest BCUT2D eigenvalue weighted by Crippen LogP contribution is -2.52. The molecule has 2 aliphatic rings. The van der Waals surface area contributed by atoms with Crippen molar-refractivity contribution in [1.82, 2.24) is 9.80 Å². The Labute approximate surface area is 665 Å². The number of carbonyl (C=O) groups excluding carboxylic acids is 8. The van der Waals surface area contributed by atoms with Crippen LogP contribution in [0.3, 0.4) is 0 Å². The SMILES string of the molecule is C=C(C)C(=O)Nc1cccc(NC(=O)C(CC(C)C)N2C(=O)c3cc(Oc4ccc(C(C)(C)C)cc4)c4c5c(Oc6ccc(C(C)(C)C)cc6)cc6c7c(cc(Oc8ccc(C(C)(C)C)cc8)c(c8c(Oc9ccc(C(C)(C)C)cc9)cc(c3c48)C2=O)c75)C(=O)N(C(CC(C)C)C(=O)Nc2cccc(NC(=O)C(=C)C)c2)C6=O)c1. The number of ether oxygens (including phenoxy) is 4. The lowest BCUT2D eigenvalue weighted by molar-refractivity contribution is -0.121. The second-order valence-electron chi connectivity index (χ2n) is 35.1. The topological polar surface area (TPSA) is 228 Å². The first-order valence-electron chi connectivity index (χ1n) is 38.6. The second kappa shape index (κ2) is 30.2.